The summed E-state index contributed by atoms with van der Waals surface area (Å²) in [6, 6.07) is 8.66. The second-order valence-electron chi connectivity index (χ2n) is 5.24. The number of carbonyl (C=O) groups is 1. The molecule has 23 heavy (non-hydrogen) atoms. The fraction of sp³-hybridized carbons (Fsp3) is 0.267. The number of benzene rings is 2. The Hall–Kier alpha value is -1.52. The van der Waals surface area contributed by atoms with Crippen LogP contribution in [0.25, 0.3) is 10.8 Å². The van der Waals surface area contributed by atoms with Crippen molar-refractivity contribution in [3.63, 3.8) is 0 Å². The van der Waals surface area contributed by atoms with Crippen LogP contribution < -0.4 is 9.42 Å². The van der Waals surface area contributed by atoms with Crippen molar-refractivity contribution in [3.05, 3.63) is 35.9 Å². The van der Waals surface area contributed by atoms with Gasteiger partial charge in [-0.3, -0.25) is 4.79 Å². The molecule has 2 atom stereocenters. The Morgan fingerprint density at radius 2 is 2.00 bits per heavy atom. The van der Waals surface area contributed by atoms with E-state index in [4.69, 9.17) is 16.1 Å². The molecule has 0 bridgehead atoms. The third-order valence-electron chi connectivity index (χ3n) is 3.93. The lowest BCUT2D eigenvalue weighted by Crippen LogP contribution is -2.40. The van der Waals surface area contributed by atoms with E-state index in [1.165, 1.54) is 6.07 Å². The normalized spacial score (nSPS) is 17.4. The molecule has 1 amide bonds. The van der Waals surface area contributed by atoms with Crippen LogP contribution in [0.1, 0.15) is 11.5 Å². The number of carbonyl (C=O) groups excluding carboxylic acids is 1. The summed E-state index contributed by atoms with van der Waals surface area (Å²) in [4.78, 5) is 12.5. The first-order valence-corrected chi connectivity index (χ1v) is 7.76. The SMILES string of the molecule is O=C(N1C[C@@H](CCl)c2c1cc(OP)c1ccccc21)C(F)(F)F. The van der Waals surface area contributed by atoms with Gasteiger partial charge < -0.3 is 9.42 Å². The van der Waals surface area contributed by atoms with Crippen molar-refractivity contribution in [1.29, 1.82) is 0 Å². The summed E-state index contributed by atoms with van der Waals surface area (Å²) in [6.45, 7) is -0.0958. The maximum Gasteiger partial charge on any atom is 0.471 e. The predicted molar refractivity (Wildman–Crippen MR) is 86.2 cm³/mol. The quantitative estimate of drug-likeness (QED) is 0.591. The van der Waals surface area contributed by atoms with Gasteiger partial charge in [0.2, 0.25) is 0 Å². The van der Waals surface area contributed by atoms with Crippen molar-refractivity contribution in [1.82, 2.24) is 0 Å². The maximum absolute atomic E-state index is 12.9. The molecule has 8 heteroatoms. The maximum atomic E-state index is 12.9. The van der Waals surface area contributed by atoms with Crippen LogP contribution in [0.15, 0.2) is 30.3 Å². The van der Waals surface area contributed by atoms with Crippen LogP contribution >= 0.6 is 21.1 Å². The second kappa shape index (κ2) is 5.84. The Bertz CT molecular complexity index is 781. The van der Waals surface area contributed by atoms with E-state index in [9.17, 15) is 18.0 Å². The van der Waals surface area contributed by atoms with E-state index in [1.807, 2.05) is 12.1 Å². The highest BCUT2D eigenvalue weighted by atomic mass is 35.5. The first-order valence-electron chi connectivity index (χ1n) is 6.75. The Kier molecular flexibility index (Phi) is 4.15. The molecule has 0 aromatic heterocycles. The van der Waals surface area contributed by atoms with Crippen molar-refractivity contribution in [3.8, 4) is 5.75 Å². The summed E-state index contributed by atoms with van der Waals surface area (Å²) in [5.41, 5.74) is 0.855. The van der Waals surface area contributed by atoms with Crippen LogP contribution in [-0.4, -0.2) is 24.5 Å². The molecule has 2 aromatic carbocycles. The van der Waals surface area contributed by atoms with E-state index in [-0.39, 0.29) is 24.0 Å². The second-order valence-corrected chi connectivity index (χ2v) is 5.78. The molecule has 3 nitrogen and oxygen atoms in total. The summed E-state index contributed by atoms with van der Waals surface area (Å²) in [7, 11) is 2.07. The molecule has 1 heterocycles. The molecular formula is C15H12ClF3NO2P. The van der Waals surface area contributed by atoms with Gasteiger partial charge in [0.05, 0.1) is 15.2 Å². The zero-order chi connectivity index (χ0) is 16.8. The Morgan fingerprint density at radius 3 is 2.57 bits per heavy atom. The zero-order valence-corrected chi connectivity index (χ0v) is 13.6. The average molecular weight is 362 g/mol. The van der Waals surface area contributed by atoms with Gasteiger partial charge >= 0.3 is 12.1 Å². The minimum Gasteiger partial charge on any atom is -0.480 e. The monoisotopic (exact) mass is 361 g/mol. The van der Waals surface area contributed by atoms with Gasteiger partial charge in [0.1, 0.15) is 5.75 Å². The van der Waals surface area contributed by atoms with Gasteiger partial charge in [-0.25, -0.2) is 0 Å². The van der Waals surface area contributed by atoms with Crippen LogP contribution in [-0.2, 0) is 4.79 Å². The lowest BCUT2D eigenvalue weighted by Gasteiger charge is -2.20. The largest absolute Gasteiger partial charge is 0.480 e. The molecule has 0 fully saturated rings. The highest BCUT2D eigenvalue weighted by molar-refractivity contribution is 7.10. The number of rotatable bonds is 2. The lowest BCUT2D eigenvalue weighted by molar-refractivity contribution is -0.170. The van der Waals surface area contributed by atoms with E-state index >= 15 is 0 Å². The molecule has 0 saturated heterocycles. The number of hydrogen-bond acceptors (Lipinski definition) is 2. The fourth-order valence-corrected chi connectivity index (χ4v) is 3.43. The fourth-order valence-electron chi connectivity index (χ4n) is 2.98. The van der Waals surface area contributed by atoms with Crippen LogP contribution in [0, 0.1) is 0 Å². The van der Waals surface area contributed by atoms with E-state index in [1.54, 1.807) is 12.1 Å². The number of amides is 1. The summed E-state index contributed by atoms with van der Waals surface area (Å²) >= 11 is 5.94. The Labute approximate surface area is 137 Å². The lowest BCUT2D eigenvalue weighted by atomic mass is 9.95. The number of alkyl halides is 4. The van der Waals surface area contributed by atoms with Crippen molar-refractivity contribution in [2.45, 2.75) is 12.1 Å². The smallest absolute Gasteiger partial charge is 0.471 e. The zero-order valence-electron chi connectivity index (χ0n) is 11.7. The van der Waals surface area contributed by atoms with E-state index in [0.717, 1.165) is 15.7 Å². The molecule has 0 saturated carbocycles. The minimum absolute atomic E-state index is 0.0958. The van der Waals surface area contributed by atoms with Crippen LogP contribution in [0.4, 0.5) is 18.9 Å². The summed E-state index contributed by atoms with van der Waals surface area (Å²) < 4.78 is 43.8. The molecule has 2 aromatic rings. The van der Waals surface area contributed by atoms with Gasteiger partial charge in [0.15, 0.2) is 0 Å². The average Bonchev–Trinajstić information content (AvgIpc) is 2.91. The van der Waals surface area contributed by atoms with Gasteiger partial charge in [-0.1, -0.05) is 24.3 Å². The third kappa shape index (κ3) is 2.64. The molecule has 0 radical (unpaired) electrons. The van der Waals surface area contributed by atoms with Gasteiger partial charge in [-0.15, -0.1) is 11.6 Å². The van der Waals surface area contributed by atoms with Gasteiger partial charge in [-0.05, 0) is 10.9 Å². The van der Waals surface area contributed by atoms with Crippen molar-refractivity contribution in [2.24, 2.45) is 0 Å². The van der Waals surface area contributed by atoms with E-state index < -0.39 is 12.1 Å². The Morgan fingerprint density at radius 1 is 1.35 bits per heavy atom. The molecule has 1 aliphatic rings. The van der Waals surface area contributed by atoms with Crippen molar-refractivity contribution >= 4 is 43.4 Å². The van der Waals surface area contributed by atoms with Crippen LogP contribution in [0.5, 0.6) is 5.75 Å². The van der Waals surface area contributed by atoms with Gasteiger partial charge in [0.25, 0.3) is 0 Å². The minimum atomic E-state index is -4.94. The highest BCUT2D eigenvalue weighted by Gasteiger charge is 2.47. The molecule has 0 N–H and O–H groups in total. The number of anilines is 1. The molecule has 0 aliphatic carbocycles. The van der Waals surface area contributed by atoms with Crippen LogP contribution in [0.3, 0.4) is 0 Å². The molecule has 0 spiro atoms. The number of hydrogen-bond donors (Lipinski definition) is 0. The highest BCUT2D eigenvalue weighted by Crippen LogP contribution is 2.46. The summed E-state index contributed by atoms with van der Waals surface area (Å²) in [6.07, 6.45) is -4.94. The molecule has 1 unspecified atom stereocenters. The topological polar surface area (TPSA) is 29.5 Å². The van der Waals surface area contributed by atoms with E-state index in [0.29, 0.717) is 11.3 Å². The Balaban J connectivity index is 2.26. The van der Waals surface area contributed by atoms with Crippen molar-refractivity contribution in [2.75, 3.05) is 17.3 Å². The molecule has 122 valence electrons. The molecular weight excluding hydrogens is 350 g/mol. The van der Waals surface area contributed by atoms with Crippen LogP contribution in [0.2, 0.25) is 0 Å². The number of fused-ring (bicyclic) bond motifs is 3. The summed E-state index contributed by atoms with van der Waals surface area (Å²) in [5.74, 6) is -1.74. The van der Waals surface area contributed by atoms with Gasteiger partial charge in [0, 0.05) is 29.8 Å². The molecule has 1 aliphatic heterocycles. The number of halogens is 4. The van der Waals surface area contributed by atoms with Crippen molar-refractivity contribution < 1.29 is 22.5 Å². The standard InChI is InChI=1S/C15H12ClF3NO2P/c16-6-8-7-20(14(21)15(17,18)19)11-5-12(22-23)9-3-1-2-4-10(9)13(8)11/h1-5,8H,6-7,23H2/t8-/m1/s1. The molecule has 3 rings (SSSR count). The third-order valence-corrected chi connectivity index (χ3v) is 4.56. The summed E-state index contributed by atoms with van der Waals surface area (Å²) in [5, 5.41) is 1.50. The van der Waals surface area contributed by atoms with E-state index in [2.05, 4.69) is 9.47 Å². The van der Waals surface area contributed by atoms with Gasteiger partial charge in [-0.2, -0.15) is 13.2 Å². The predicted octanol–water partition coefficient (Wildman–Crippen LogP) is 4.24. The first-order chi connectivity index (χ1) is 10.9. The number of nitrogens with zero attached hydrogens (tertiary/aromatic N) is 1. The first kappa shape index (κ1) is 16.3.